The van der Waals surface area contributed by atoms with Gasteiger partial charge in [-0.25, -0.2) is 0 Å². The smallest absolute Gasteiger partial charge is 0.123 e. The van der Waals surface area contributed by atoms with Gasteiger partial charge in [-0.2, -0.15) is 0 Å². The van der Waals surface area contributed by atoms with Gasteiger partial charge in [0.15, 0.2) is 0 Å². The summed E-state index contributed by atoms with van der Waals surface area (Å²) in [7, 11) is 0. The molecule has 1 aliphatic heterocycles. The van der Waals surface area contributed by atoms with Crippen LogP contribution in [-0.4, -0.2) is 5.60 Å². The summed E-state index contributed by atoms with van der Waals surface area (Å²) < 4.78 is 7.24. The first-order chi connectivity index (χ1) is 14.6. The van der Waals surface area contributed by atoms with E-state index in [-0.39, 0.29) is 11.0 Å². The molecular formula is C29H50O. The SMILES string of the molecule is CCCCC1c2ccccc2OC(CCCC)(CCCC)C1(CCCC)CCCC. The largest absolute Gasteiger partial charge is 0.486 e. The molecule has 0 bridgehead atoms. The van der Waals surface area contributed by atoms with Gasteiger partial charge in [0.2, 0.25) is 0 Å². The highest BCUT2D eigenvalue weighted by Gasteiger charge is 2.58. The third-order valence-electron chi connectivity index (χ3n) is 7.84. The van der Waals surface area contributed by atoms with Crippen molar-refractivity contribution in [2.24, 2.45) is 5.41 Å². The number of ether oxygens (including phenoxy) is 1. The maximum atomic E-state index is 7.24. The number of hydrogen-bond donors (Lipinski definition) is 0. The minimum atomic E-state index is 0.0100. The zero-order valence-corrected chi connectivity index (χ0v) is 20.9. The lowest BCUT2D eigenvalue weighted by Gasteiger charge is -2.59. The minimum absolute atomic E-state index is 0.0100. The molecule has 30 heavy (non-hydrogen) atoms. The van der Waals surface area contributed by atoms with Crippen molar-refractivity contribution in [2.75, 3.05) is 0 Å². The fraction of sp³-hybridized carbons (Fsp3) is 0.793. The fourth-order valence-electron chi connectivity index (χ4n) is 6.19. The third kappa shape index (κ3) is 5.43. The Balaban J connectivity index is 2.68. The molecule has 0 fully saturated rings. The molecule has 0 aliphatic carbocycles. The lowest BCUT2D eigenvalue weighted by molar-refractivity contribution is -0.122. The zero-order valence-electron chi connectivity index (χ0n) is 20.9. The van der Waals surface area contributed by atoms with E-state index in [1.54, 1.807) is 0 Å². The van der Waals surface area contributed by atoms with Gasteiger partial charge in [0.05, 0.1) is 0 Å². The molecule has 172 valence electrons. The molecule has 1 heterocycles. The van der Waals surface area contributed by atoms with E-state index >= 15 is 0 Å². The zero-order chi connectivity index (χ0) is 21.9. The van der Waals surface area contributed by atoms with Crippen LogP contribution in [0.25, 0.3) is 0 Å². The van der Waals surface area contributed by atoms with Crippen molar-refractivity contribution in [1.82, 2.24) is 0 Å². The van der Waals surface area contributed by atoms with Crippen LogP contribution in [0.5, 0.6) is 5.75 Å². The summed E-state index contributed by atoms with van der Waals surface area (Å²) in [5.74, 6) is 1.85. The summed E-state index contributed by atoms with van der Waals surface area (Å²) in [6, 6.07) is 9.10. The molecule has 1 atom stereocenters. The van der Waals surface area contributed by atoms with Crippen molar-refractivity contribution >= 4 is 0 Å². The van der Waals surface area contributed by atoms with Crippen LogP contribution in [0.15, 0.2) is 24.3 Å². The van der Waals surface area contributed by atoms with E-state index in [2.05, 4.69) is 58.9 Å². The molecular weight excluding hydrogens is 364 g/mol. The number of para-hydroxylation sites is 1. The van der Waals surface area contributed by atoms with E-state index in [1.807, 2.05) is 0 Å². The average molecular weight is 415 g/mol. The molecule has 1 aliphatic rings. The van der Waals surface area contributed by atoms with Gasteiger partial charge in [-0.15, -0.1) is 0 Å². The standard InChI is InChI=1S/C29H50O/c1-6-11-19-26-25-18-16-17-20-27(25)30-29(23-14-9-4,24-15-10-5)28(26,21-12-7-2)22-13-8-3/h16-18,20,26H,6-15,19,21-24H2,1-5H3. The Morgan fingerprint density at radius 3 is 1.70 bits per heavy atom. The third-order valence-corrected chi connectivity index (χ3v) is 7.84. The number of hydrogen-bond acceptors (Lipinski definition) is 1. The molecule has 1 unspecified atom stereocenters. The maximum absolute atomic E-state index is 7.24. The van der Waals surface area contributed by atoms with Crippen molar-refractivity contribution in [2.45, 2.75) is 142 Å². The van der Waals surface area contributed by atoms with Crippen molar-refractivity contribution in [3.8, 4) is 5.75 Å². The highest BCUT2D eigenvalue weighted by molar-refractivity contribution is 5.42. The topological polar surface area (TPSA) is 9.23 Å². The molecule has 0 saturated heterocycles. The Bertz CT molecular complexity index is 574. The van der Waals surface area contributed by atoms with Crippen molar-refractivity contribution < 1.29 is 4.74 Å². The van der Waals surface area contributed by atoms with E-state index in [1.165, 1.54) is 108 Å². The molecule has 1 aromatic carbocycles. The van der Waals surface area contributed by atoms with Gasteiger partial charge in [-0.1, -0.05) is 104 Å². The van der Waals surface area contributed by atoms with Crippen LogP contribution in [0.1, 0.15) is 142 Å². The predicted molar refractivity (Wildman–Crippen MR) is 133 cm³/mol. The number of rotatable bonds is 15. The van der Waals surface area contributed by atoms with Gasteiger partial charge in [-0.3, -0.25) is 0 Å². The van der Waals surface area contributed by atoms with Gasteiger partial charge >= 0.3 is 0 Å². The quantitative estimate of drug-likeness (QED) is 0.277. The highest BCUT2D eigenvalue weighted by Crippen LogP contribution is 2.62. The molecule has 1 aromatic rings. The molecule has 0 aromatic heterocycles. The first-order valence-corrected chi connectivity index (χ1v) is 13.4. The van der Waals surface area contributed by atoms with E-state index in [0.29, 0.717) is 5.92 Å². The molecule has 0 radical (unpaired) electrons. The Morgan fingerprint density at radius 1 is 0.667 bits per heavy atom. The van der Waals surface area contributed by atoms with Crippen LogP contribution in [0.2, 0.25) is 0 Å². The van der Waals surface area contributed by atoms with E-state index in [9.17, 15) is 0 Å². The van der Waals surface area contributed by atoms with Crippen LogP contribution in [0.3, 0.4) is 0 Å². The first-order valence-electron chi connectivity index (χ1n) is 13.4. The van der Waals surface area contributed by atoms with Gasteiger partial charge in [0.1, 0.15) is 11.4 Å². The summed E-state index contributed by atoms with van der Waals surface area (Å²) in [4.78, 5) is 0. The number of benzene rings is 1. The normalized spacial score (nSPS) is 19.3. The van der Waals surface area contributed by atoms with E-state index < -0.39 is 0 Å². The summed E-state index contributed by atoms with van der Waals surface area (Å²) in [5, 5.41) is 0. The molecule has 0 saturated carbocycles. The maximum Gasteiger partial charge on any atom is 0.123 e. The second-order valence-electron chi connectivity index (χ2n) is 9.90. The number of fused-ring (bicyclic) bond motifs is 1. The summed E-state index contributed by atoms with van der Waals surface area (Å²) in [6.07, 6.45) is 19.4. The highest BCUT2D eigenvalue weighted by atomic mass is 16.5. The van der Waals surface area contributed by atoms with E-state index in [0.717, 1.165) is 0 Å². The monoisotopic (exact) mass is 414 g/mol. The second-order valence-corrected chi connectivity index (χ2v) is 9.90. The Kier molecular flexibility index (Phi) is 10.8. The molecule has 0 spiro atoms. The van der Waals surface area contributed by atoms with Crippen LogP contribution < -0.4 is 4.74 Å². The Hall–Kier alpha value is -0.980. The minimum Gasteiger partial charge on any atom is -0.486 e. The van der Waals surface area contributed by atoms with Crippen LogP contribution in [0, 0.1) is 5.41 Å². The molecule has 1 heteroatoms. The van der Waals surface area contributed by atoms with E-state index in [4.69, 9.17) is 4.74 Å². The summed E-state index contributed by atoms with van der Waals surface area (Å²) in [5.41, 5.74) is 1.81. The van der Waals surface area contributed by atoms with Crippen LogP contribution in [-0.2, 0) is 0 Å². The Labute approximate surface area is 188 Å². The lowest BCUT2D eigenvalue weighted by atomic mass is 9.52. The van der Waals surface area contributed by atoms with Crippen LogP contribution >= 0.6 is 0 Å². The van der Waals surface area contributed by atoms with Gasteiger partial charge < -0.3 is 4.74 Å². The van der Waals surface area contributed by atoms with Gasteiger partial charge in [-0.05, 0) is 62.5 Å². The van der Waals surface area contributed by atoms with Crippen LogP contribution in [0.4, 0.5) is 0 Å². The molecule has 2 rings (SSSR count). The molecule has 0 N–H and O–H groups in total. The molecule has 1 nitrogen and oxygen atoms in total. The van der Waals surface area contributed by atoms with Crippen molar-refractivity contribution in [3.63, 3.8) is 0 Å². The van der Waals surface area contributed by atoms with Crippen molar-refractivity contribution in [3.05, 3.63) is 29.8 Å². The number of unbranched alkanes of at least 4 members (excludes halogenated alkanes) is 5. The first kappa shape index (κ1) is 25.3. The van der Waals surface area contributed by atoms with Gasteiger partial charge in [0, 0.05) is 5.41 Å². The predicted octanol–water partition coefficient (Wildman–Crippen LogP) is 9.84. The summed E-state index contributed by atoms with van der Waals surface area (Å²) >= 11 is 0. The average Bonchev–Trinajstić information content (AvgIpc) is 2.78. The van der Waals surface area contributed by atoms with Gasteiger partial charge in [0.25, 0.3) is 0 Å². The Morgan fingerprint density at radius 2 is 1.17 bits per heavy atom. The van der Waals surface area contributed by atoms with Crippen molar-refractivity contribution in [1.29, 1.82) is 0 Å². The molecule has 0 amide bonds. The summed E-state index contributed by atoms with van der Waals surface area (Å²) in [6.45, 7) is 11.8. The second kappa shape index (κ2) is 12.8. The lowest BCUT2D eigenvalue weighted by Crippen LogP contribution is -2.58. The fourth-order valence-corrected chi connectivity index (χ4v) is 6.19.